The van der Waals surface area contributed by atoms with Crippen molar-refractivity contribution in [1.82, 2.24) is 9.38 Å². The van der Waals surface area contributed by atoms with E-state index < -0.39 is 15.8 Å². The number of carboxylic acids is 1. The van der Waals surface area contributed by atoms with Crippen LogP contribution in [-0.4, -0.2) is 40.4 Å². The Bertz CT molecular complexity index is 780. The van der Waals surface area contributed by atoms with Gasteiger partial charge in [-0.2, -0.15) is 0 Å². The van der Waals surface area contributed by atoms with Crippen LogP contribution in [-0.2, 0) is 16.3 Å². The monoisotopic (exact) mass is 308 g/mol. The second kappa shape index (κ2) is 5.14. The molecule has 0 unspecified atom stereocenters. The van der Waals surface area contributed by atoms with E-state index in [2.05, 4.69) is 4.98 Å². The second-order valence-electron chi connectivity index (χ2n) is 5.46. The summed E-state index contributed by atoms with van der Waals surface area (Å²) < 4.78 is 24.7. The smallest absolute Gasteiger partial charge is 0.337 e. The van der Waals surface area contributed by atoms with E-state index in [0.29, 0.717) is 24.8 Å². The third-order valence-electron chi connectivity index (χ3n) is 4.02. The van der Waals surface area contributed by atoms with Gasteiger partial charge in [0.25, 0.3) is 0 Å². The molecule has 0 amide bonds. The summed E-state index contributed by atoms with van der Waals surface area (Å²) in [5.74, 6) is 0.573. The molecule has 0 atom stereocenters. The van der Waals surface area contributed by atoms with Crippen molar-refractivity contribution in [2.24, 2.45) is 5.92 Å². The van der Waals surface area contributed by atoms with Crippen molar-refractivity contribution in [2.75, 3.05) is 11.5 Å². The first-order chi connectivity index (χ1) is 9.96. The summed E-state index contributed by atoms with van der Waals surface area (Å²) in [5.41, 5.74) is 0.797. The van der Waals surface area contributed by atoms with Crippen LogP contribution >= 0.6 is 0 Å². The largest absolute Gasteiger partial charge is 0.478 e. The van der Waals surface area contributed by atoms with E-state index in [4.69, 9.17) is 5.11 Å². The van der Waals surface area contributed by atoms with Crippen LogP contribution in [0.3, 0.4) is 0 Å². The topological polar surface area (TPSA) is 88.7 Å². The van der Waals surface area contributed by atoms with E-state index in [1.165, 1.54) is 0 Å². The lowest BCUT2D eigenvalue weighted by atomic mass is 9.98. The number of sulfone groups is 1. The molecule has 6 nitrogen and oxygen atoms in total. The number of nitrogens with zero attached hydrogens (tertiary/aromatic N) is 2. The Kier molecular flexibility index (Phi) is 3.44. The molecule has 112 valence electrons. The zero-order chi connectivity index (χ0) is 15.0. The normalized spacial score (nSPS) is 18.9. The van der Waals surface area contributed by atoms with Gasteiger partial charge < -0.3 is 9.51 Å². The third kappa shape index (κ3) is 2.78. The van der Waals surface area contributed by atoms with Gasteiger partial charge >= 0.3 is 5.97 Å². The first kappa shape index (κ1) is 14.1. The summed E-state index contributed by atoms with van der Waals surface area (Å²) in [6, 6.07) is 3.24. The zero-order valence-corrected chi connectivity index (χ0v) is 12.2. The van der Waals surface area contributed by atoms with Crippen LogP contribution in [0.1, 0.15) is 29.0 Å². The standard InChI is InChI=1S/C14H16N2O4S/c17-14(18)11-2-1-5-16-12(11)9-15-13(16)8-10-3-6-21(19,20)7-4-10/h1-2,5,9-10H,3-4,6-8H2,(H,17,18). The Morgan fingerprint density at radius 1 is 1.38 bits per heavy atom. The predicted octanol–water partition coefficient (Wildman–Crippen LogP) is 1.40. The number of hydrogen-bond donors (Lipinski definition) is 1. The number of fused-ring (bicyclic) bond motifs is 1. The molecule has 21 heavy (non-hydrogen) atoms. The van der Waals surface area contributed by atoms with Crippen LogP contribution in [0.4, 0.5) is 0 Å². The molecule has 1 N–H and O–H groups in total. The lowest BCUT2D eigenvalue weighted by Crippen LogP contribution is -2.25. The molecule has 0 aromatic carbocycles. The van der Waals surface area contributed by atoms with Gasteiger partial charge in [0, 0.05) is 12.6 Å². The molecule has 0 bridgehead atoms. The quantitative estimate of drug-likeness (QED) is 0.926. The number of carbonyl (C=O) groups is 1. The fraction of sp³-hybridized carbons (Fsp3) is 0.429. The summed E-state index contributed by atoms with van der Waals surface area (Å²) in [7, 11) is -2.86. The average molecular weight is 308 g/mol. The second-order valence-corrected chi connectivity index (χ2v) is 7.76. The number of rotatable bonds is 3. The van der Waals surface area contributed by atoms with Gasteiger partial charge in [-0.15, -0.1) is 0 Å². The molecule has 1 aliphatic rings. The fourth-order valence-electron chi connectivity index (χ4n) is 2.81. The molecule has 0 saturated carbocycles. The van der Waals surface area contributed by atoms with Crippen LogP contribution in [0.25, 0.3) is 5.52 Å². The number of carboxylic acid groups (broad SMARTS) is 1. The molecule has 2 aromatic heterocycles. The Balaban J connectivity index is 1.86. The summed E-state index contributed by atoms with van der Waals surface area (Å²) in [6.07, 6.45) is 5.33. The molecule has 2 aromatic rings. The maximum atomic E-state index is 11.4. The maximum absolute atomic E-state index is 11.4. The van der Waals surface area contributed by atoms with Crippen molar-refractivity contribution in [3.05, 3.63) is 35.9 Å². The molecule has 0 spiro atoms. The molecule has 1 aliphatic heterocycles. The third-order valence-corrected chi connectivity index (χ3v) is 5.74. The van der Waals surface area contributed by atoms with E-state index in [1.807, 2.05) is 0 Å². The first-order valence-electron chi connectivity index (χ1n) is 6.85. The summed E-state index contributed by atoms with van der Waals surface area (Å²) in [5, 5.41) is 9.16. The number of pyridine rings is 1. The molecule has 3 heterocycles. The number of aromatic nitrogens is 2. The highest BCUT2D eigenvalue weighted by molar-refractivity contribution is 7.91. The SMILES string of the molecule is O=C(O)c1cccn2c(CC3CCS(=O)(=O)CC3)ncc12. The van der Waals surface area contributed by atoms with E-state index in [9.17, 15) is 13.2 Å². The Morgan fingerprint density at radius 2 is 2.10 bits per heavy atom. The van der Waals surface area contributed by atoms with Gasteiger partial charge in [0.05, 0.1) is 28.8 Å². The van der Waals surface area contributed by atoms with Crippen molar-refractivity contribution >= 4 is 21.3 Å². The van der Waals surface area contributed by atoms with E-state index in [1.54, 1.807) is 28.9 Å². The van der Waals surface area contributed by atoms with Gasteiger partial charge in [0.2, 0.25) is 0 Å². The Hall–Kier alpha value is -1.89. The molecule has 7 heteroatoms. The average Bonchev–Trinajstić information content (AvgIpc) is 2.84. The van der Waals surface area contributed by atoms with Gasteiger partial charge in [0.15, 0.2) is 0 Å². The van der Waals surface area contributed by atoms with Gasteiger partial charge in [-0.1, -0.05) is 0 Å². The zero-order valence-electron chi connectivity index (χ0n) is 11.4. The highest BCUT2D eigenvalue weighted by Gasteiger charge is 2.25. The maximum Gasteiger partial charge on any atom is 0.337 e. The summed E-state index contributed by atoms with van der Waals surface area (Å²) in [4.78, 5) is 15.5. The Morgan fingerprint density at radius 3 is 2.76 bits per heavy atom. The van der Waals surface area contributed by atoms with E-state index in [0.717, 1.165) is 5.82 Å². The fourth-order valence-corrected chi connectivity index (χ4v) is 4.40. The van der Waals surface area contributed by atoms with Crippen molar-refractivity contribution in [1.29, 1.82) is 0 Å². The first-order valence-corrected chi connectivity index (χ1v) is 8.67. The lowest BCUT2D eigenvalue weighted by Gasteiger charge is -2.21. The van der Waals surface area contributed by atoms with Crippen LogP contribution in [0.5, 0.6) is 0 Å². The van der Waals surface area contributed by atoms with Gasteiger partial charge in [-0.25, -0.2) is 18.2 Å². The van der Waals surface area contributed by atoms with Crippen LogP contribution in [0.2, 0.25) is 0 Å². The van der Waals surface area contributed by atoms with Crippen molar-refractivity contribution in [2.45, 2.75) is 19.3 Å². The molecule has 3 rings (SSSR count). The summed E-state index contributed by atoms with van der Waals surface area (Å²) in [6.45, 7) is 0. The van der Waals surface area contributed by atoms with Crippen molar-refractivity contribution < 1.29 is 18.3 Å². The van der Waals surface area contributed by atoms with Crippen LogP contribution in [0.15, 0.2) is 24.5 Å². The molecular weight excluding hydrogens is 292 g/mol. The number of hydrogen-bond acceptors (Lipinski definition) is 4. The van der Waals surface area contributed by atoms with Gasteiger partial charge in [-0.05, 0) is 30.9 Å². The van der Waals surface area contributed by atoms with Gasteiger partial charge in [0.1, 0.15) is 15.7 Å². The van der Waals surface area contributed by atoms with Crippen molar-refractivity contribution in [3.63, 3.8) is 0 Å². The highest BCUT2D eigenvalue weighted by atomic mass is 32.2. The van der Waals surface area contributed by atoms with Gasteiger partial charge in [-0.3, -0.25) is 0 Å². The van der Waals surface area contributed by atoms with E-state index in [-0.39, 0.29) is 23.0 Å². The number of imidazole rings is 1. The molecule has 0 radical (unpaired) electrons. The summed E-state index contributed by atoms with van der Waals surface area (Å²) >= 11 is 0. The molecular formula is C14H16N2O4S. The van der Waals surface area contributed by atoms with E-state index >= 15 is 0 Å². The molecule has 1 saturated heterocycles. The molecule has 0 aliphatic carbocycles. The molecule has 1 fully saturated rings. The Labute approximate surface area is 122 Å². The minimum absolute atomic E-state index is 0.225. The van der Waals surface area contributed by atoms with Crippen LogP contribution in [0, 0.1) is 5.92 Å². The minimum Gasteiger partial charge on any atom is -0.478 e. The number of aromatic carboxylic acids is 1. The lowest BCUT2D eigenvalue weighted by molar-refractivity contribution is 0.0698. The predicted molar refractivity (Wildman–Crippen MR) is 77.2 cm³/mol. The van der Waals surface area contributed by atoms with Crippen LogP contribution < -0.4 is 0 Å². The highest BCUT2D eigenvalue weighted by Crippen LogP contribution is 2.23. The minimum atomic E-state index is -2.86. The van der Waals surface area contributed by atoms with Crippen molar-refractivity contribution in [3.8, 4) is 0 Å².